The van der Waals surface area contributed by atoms with Gasteiger partial charge in [-0.15, -0.1) is 0 Å². The maximum absolute atomic E-state index is 12.7. The Morgan fingerprint density at radius 2 is 1.93 bits per heavy atom. The summed E-state index contributed by atoms with van der Waals surface area (Å²) in [5.74, 6) is -0.487. The van der Waals surface area contributed by atoms with Crippen molar-refractivity contribution in [3.8, 4) is 11.1 Å². The number of ether oxygens (including phenoxy) is 1. The molecule has 2 aliphatic rings. The Balaban J connectivity index is 1.68. The molecule has 0 bridgehead atoms. The maximum atomic E-state index is 12.7. The maximum Gasteiger partial charge on any atom is 0.339 e. The number of esters is 1. The van der Waals surface area contributed by atoms with Gasteiger partial charge >= 0.3 is 5.97 Å². The summed E-state index contributed by atoms with van der Waals surface area (Å²) in [6.45, 7) is 0.352. The van der Waals surface area contributed by atoms with Gasteiger partial charge in [-0.2, -0.15) is 0 Å². The van der Waals surface area contributed by atoms with E-state index in [0.717, 1.165) is 33.6 Å². The minimum Gasteiger partial charge on any atom is -0.462 e. The number of aromatic amines is 1. The Morgan fingerprint density at radius 1 is 1.07 bits per heavy atom. The largest absolute Gasteiger partial charge is 0.462 e. The van der Waals surface area contributed by atoms with Crippen LogP contribution in [0.1, 0.15) is 27.2 Å². The topological polar surface area (TPSA) is 84.1 Å². The van der Waals surface area contributed by atoms with E-state index < -0.39 is 0 Å². The molecule has 3 aromatic rings. The molecule has 2 N–H and O–H groups in total. The van der Waals surface area contributed by atoms with Crippen LogP contribution in [0.4, 0.5) is 5.69 Å². The first kappa shape index (κ1) is 15.6. The summed E-state index contributed by atoms with van der Waals surface area (Å²) in [5.41, 5.74) is 6.34. The van der Waals surface area contributed by atoms with Crippen molar-refractivity contribution in [2.24, 2.45) is 0 Å². The fourth-order valence-corrected chi connectivity index (χ4v) is 3.68. The number of H-pyrrole nitrogens is 1. The van der Waals surface area contributed by atoms with Gasteiger partial charge in [-0.3, -0.25) is 9.78 Å². The molecule has 0 saturated heterocycles. The molecule has 6 nitrogen and oxygen atoms in total. The number of carbonyl (C=O) groups excluding carboxylic acids is 2. The summed E-state index contributed by atoms with van der Waals surface area (Å²) in [6, 6.07) is 9.64. The van der Waals surface area contributed by atoms with E-state index in [2.05, 4.69) is 15.3 Å². The zero-order chi connectivity index (χ0) is 18.4. The van der Waals surface area contributed by atoms with Gasteiger partial charge < -0.3 is 15.0 Å². The lowest BCUT2D eigenvalue weighted by Gasteiger charge is -2.12. The van der Waals surface area contributed by atoms with Gasteiger partial charge in [0.15, 0.2) is 0 Å². The zero-order valence-corrected chi connectivity index (χ0v) is 14.3. The molecular formula is C21H15N3O3. The Morgan fingerprint density at radius 3 is 2.78 bits per heavy atom. The normalized spacial score (nSPS) is 16.7. The second-order valence-electron chi connectivity index (χ2n) is 6.46. The van der Waals surface area contributed by atoms with Crippen molar-refractivity contribution in [3.63, 3.8) is 0 Å². The molecule has 4 heterocycles. The molecular weight excluding hydrogens is 342 g/mol. The highest BCUT2D eigenvalue weighted by molar-refractivity contribution is 6.36. The monoisotopic (exact) mass is 357 g/mol. The Kier molecular flexibility index (Phi) is 3.43. The van der Waals surface area contributed by atoms with Crippen molar-refractivity contribution in [2.45, 2.75) is 6.42 Å². The number of aromatic nitrogens is 2. The lowest BCUT2D eigenvalue weighted by molar-refractivity contribution is -0.110. The number of anilines is 1. The summed E-state index contributed by atoms with van der Waals surface area (Å²) in [7, 11) is 0. The number of pyridine rings is 1. The quantitative estimate of drug-likeness (QED) is 0.544. The second-order valence-corrected chi connectivity index (χ2v) is 6.46. The van der Waals surface area contributed by atoms with Gasteiger partial charge in [0.05, 0.1) is 17.7 Å². The van der Waals surface area contributed by atoms with Crippen molar-refractivity contribution in [1.29, 1.82) is 0 Å². The molecule has 0 unspecified atom stereocenters. The molecule has 1 amide bonds. The average molecular weight is 357 g/mol. The number of nitrogens with zero attached hydrogens (tertiary/aromatic N) is 1. The van der Waals surface area contributed by atoms with Gasteiger partial charge in [0.2, 0.25) is 0 Å². The summed E-state index contributed by atoms with van der Waals surface area (Å²) in [5, 5.41) is 2.93. The second kappa shape index (κ2) is 5.95. The Hall–Kier alpha value is -3.67. The Bertz CT molecular complexity index is 1110. The molecule has 2 aromatic heterocycles. The van der Waals surface area contributed by atoms with E-state index in [1.807, 2.05) is 36.4 Å². The van der Waals surface area contributed by atoms with E-state index in [4.69, 9.17) is 4.74 Å². The number of benzene rings is 1. The fourth-order valence-electron chi connectivity index (χ4n) is 3.68. The highest BCUT2D eigenvalue weighted by Crippen LogP contribution is 2.40. The lowest BCUT2D eigenvalue weighted by Crippen LogP contribution is -2.16. The van der Waals surface area contributed by atoms with E-state index in [1.165, 1.54) is 0 Å². The van der Waals surface area contributed by atoms with Crippen molar-refractivity contribution < 1.29 is 14.3 Å². The molecule has 0 radical (unpaired) electrons. The predicted octanol–water partition coefficient (Wildman–Crippen LogP) is 3.28. The highest BCUT2D eigenvalue weighted by Gasteiger charge is 2.29. The van der Waals surface area contributed by atoms with Crippen molar-refractivity contribution >= 4 is 29.2 Å². The number of nitrogens with one attached hydrogen (secondary N) is 2. The van der Waals surface area contributed by atoms with Crippen molar-refractivity contribution in [1.82, 2.24) is 9.97 Å². The van der Waals surface area contributed by atoms with Gasteiger partial charge in [0.25, 0.3) is 5.91 Å². The molecule has 0 spiro atoms. The van der Waals surface area contributed by atoms with Crippen LogP contribution >= 0.6 is 0 Å². The SMILES string of the molecule is O=C1Nc2cccc(-c3ccncc3)c2/C1=C/c1[nH]cc2c1CCOC2=O. The summed E-state index contributed by atoms with van der Waals surface area (Å²) < 4.78 is 5.08. The minimum atomic E-state index is -0.328. The van der Waals surface area contributed by atoms with Crippen LogP contribution < -0.4 is 5.32 Å². The molecule has 5 rings (SSSR count). The van der Waals surface area contributed by atoms with Crippen LogP contribution in [0.15, 0.2) is 48.9 Å². The van der Waals surface area contributed by atoms with Gasteiger partial charge in [0.1, 0.15) is 0 Å². The van der Waals surface area contributed by atoms with Crippen LogP contribution in [0.25, 0.3) is 22.8 Å². The number of carbonyl (C=O) groups is 2. The van der Waals surface area contributed by atoms with Crippen LogP contribution in [-0.2, 0) is 16.0 Å². The standard InChI is InChI=1S/C21H15N3O3/c25-20-15(10-18-14-6-9-27-21(26)16(14)11-23-18)19-13(2-1-3-17(19)24-20)12-4-7-22-8-5-12/h1-5,7-8,10-11,23H,6,9H2,(H,24,25)/b15-10-. The average Bonchev–Trinajstić information content (AvgIpc) is 3.25. The third kappa shape index (κ3) is 2.45. The number of fused-ring (bicyclic) bond motifs is 2. The number of hydrogen-bond donors (Lipinski definition) is 2. The summed E-state index contributed by atoms with van der Waals surface area (Å²) in [4.78, 5) is 31.8. The van der Waals surface area contributed by atoms with E-state index in [-0.39, 0.29) is 11.9 Å². The van der Waals surface area contributed by atoms with Crippen molar-refractivity contribution in [3.05, 3.63) is 71.3 Å². The van der Waals surface area contributed by atoms with E-state index >= 15 is 0 Å². The number of amides is 1. The van der Waals surface area contributed by atoms with Crippen LogP contribution in [0.5, 0.6) is 0 Å². The first-order valence-electron chi connectivity index (χ1n) is 8.66. The minimum absolute atomic E-state index is 0.159. The smallest absolute Gasteiger partial charge is 0.339 e. The first-order valence-corrected chi connectivity index (χ1v) is 8.66. The third-order valence-electron chi connectivity index (χ3n) is 4.93. The van der Waals surface area contributed by atoms with Crippen molar-refractivity contribution in [2.75, 3.05) is 11.9 Å². The van der Waals surface area contributed by atoms with Gasteiger partial charge in [-0.1, -0.05) is 12.1 Å². The Labute approximate surface area is 154 Å². The molecule has 2 aliphatic heterocycles. The molecule has 0 atom stereocenters. The predicted molar refractivity (Wildman–Crippen MR) is 101 cm³/mol. The summed E-state index contributed by atoms with van der Waals surface area (Å²) >= 11 is 0. The zero-order valence-electron chi connectivity index (χ0n) is 14.3. The van der Waals surface area contributed by atoms with Crippen LogP contribution in [0.3, 0.4) is 0 Å². The van der Waals surface area contributed by atoms with Crippen LogP contribution in [0, 0.1) is 0 Å². The summed E-state index contributed by atoms with van der Waals surface area (Å²) in [6.07, 6.45) is 7.56. The molecule has 0 aliphatic carbocycles. The molecule has 0 fully saturated rings. The highest BCUT2D eigenvalue weighted by atomic mass is 16.5. The van der Waals surface area contributed by atoms with Crippen LogP contribution in [0.2, 0.25) is 0 Å². The van der Waals surface area contributed by atoms with Gasteiger partial charge in [-0.25, -0.2) is 4.79 Å². The molecule has 132 valence electrons. The number of cyclic esters (lactones) is 1. The van der Waals surface area contributed by atoms with Gasteiger partial charge in [-0.05, 0) is 41.0 Å². The lowest BCUT2D eigenvalue weighted by atomic mass is 9.94. The van der Waals surface area contributed by atoms with E-state index in [1.54, 1.807) is 18.6 Å². The number of hydrogen-bond acceptors (Lipinski definition) is 4. The van der Waals surface area contributed by atoms with Gasteiger partial charge in [0, 0.05) is 42.0 Å². The fraction of sp³-hybridized carbons (Fsp3) is 0.0952. The molecule has 1 aromatic carbocycles. The molecule has 27 heavy (non-hydrogen) atoms. The number of rotatable bonds is 2. The molecule has 0 saturated carbocycles. The first-order chi connectivity index (χ1) is 13.2. The third-order valence-corrected chi connectivity index (χ3v) is 4.93. The van der Waals surface area contributed by atoms with E-state index in [0.29, 0.717) is 24.2 Å². The van der Waals surface area contributed by atoms with E-state index in [9.17, 15) is 9.59 Å². The van der Waals surface area contributed by atoms with Crippen LogP contribution in [-0.4, -0.2) is 28.5 Å². The molecule has 6 heteroatoms.